The van der Waals surface area contributed by atoms with Crippen LogP contribution in [0.15, 0.2) is 103 Å². The number of ether oxygens (including phenoxy) is 2. The van der Waals surface area contributed by atoms with E-state index in [0.29, 0.717) is 33.2 Å². The minimum Gasteiger partial charge on any atom is -0.508 e. The van der Waals surface area contributed by atoms with Crippen molar-refractivity contribution in [2.75, 3.05) is 19.6 Å². The van der Waals surface area contributed by atoms with Gasteiger partial charge in [-0.2, -0.15) is 5.01 Å². The van der Waals surface area contributed by atoms with Crippen molar-refractivity contribution >= 4 is 52.5 Å². The van der Waals surface area contributed by atoms with Gasteiger partial charge in [0.2, 0.25) is 11.8 Å². The molecule has 8 rings (SSSR count). The second-order valence-corrected chi connectivity index (χ2v) is 14.7. The van der Waals surface area contributed by atoms with Crippen LogP contribution in [0, 0.1) is 23.7 Å². The van der Waals surface area contributed by atoms with E-state index in [1.807, 2.05) is 36.4 Å². The van der Waals surface area contributed by atoms with E-state index in [1.165, 1.54) is 31.3 Å². The van der Waals surface area contributed by atoms with Crippen LogP contribution in [0.5, 0.6) is 17.2 Å². The van der Waals surface area contributed by atoms with E-state index < -0.39 is 46.8 Å². The van der Waals surface area contributed by atoms with Crippen molar-refractivity contribution in [1.29, 1.82) is 0 Å². The number of hydrogen-bond donors (Lipinski definition) is 2. The molecule has 0 bridgehead atoms. The number of nitrogens with zero attached hydrogens (tertiary/aromatic N) is 2. The third-order valence-corrected chi connectivity index (χ3v) is 11.9. The number of likely N-dealkylation sites (tertiary alicyclic amines) is 1. The van der Waals surface area contributed by atoms with Gasteiger partial charge in [0.25, 0.3) is 11.8 Å². The third-order valence-electron chi connectivity index (χ3n) is 11.4. The summed E-state index contributed by atoms with van der Waals surface area (Å²) in [5.74, 6) is -4.83. The van der Waals surface area contributed by atoms with Crippen LogP contribution in [-0.4, -0.2) is 52.9 Å². The summed E-state index contributed by atoms with van der Waals surface area (Å²) in [6.07, 6.45) is 2.29. The molecular formula is C41H35Cl2N3O7. The highest BCUT2D eigenvalue weighted by atomic mass is 35.5. The molecule has 0 spiro atoms. The second kappa shape index (κ2) is 13.3. The molecule has 4 aromatic rings. The number of phenolic OH excluding ortho intramolecular Hbond substituents is 1. The maximum Gasteiger partial charge on any atom is 0.260 e. The Kier molecular flexibility index (Phi) is 8.70. The van der Waals surface area contributed by atoms with Gasteiger partial charge in [0, 0.05) is 16.5 Å². The number of phenols is 1. The van der Waals surface area contributed by atoms with E-state index in [9.17, 15) is 19.5 Å². The van der Waals surface area contributed by atoms with Crippen LogP contribution in [0.4, 0.5) is 5.69 Å². The molecule has 12 heteroatoms. The Bertz CT molecular complexity index is 2190. The lowest BCUT2D eigenvalue weighted by atomic mass is 9.49. The van der Waals surface area contributed by atoms with Gasteiger partial charge in [-0.05, 0) is 78.4 Å². The smallest absolute Gasteiger partial charge is 0.260 e. The second-order valence-electron chi connectivity index (χ2n) is 13.9. The van der Waals surface area contributed by atoms with Crippen LogP contribution in [0.2, 0.25) is 10.0 Å². The number of hydrazine groups is 1. The number of nitrogens with one attached hydrogen (secondary N) is 1. The van der Waals surface area contributed by atoms with Crippen molar-refractivity contribution in [3.05, 3.63) is 129 Å². The standard InChI is InChI=1S/C41H35Cl2N3O7/c1-52-25-11-8-23(9-12-25)41-31(38(49)46(40(41)51)44-33-16-10-24(42)18-32(33)43)20-29-27(36(41)30-19-26(53-2)13-17-34(30)47)14-15-28-35(29)39(50)45(37(28)48)21-22-6-4-3-5-7-22/h3-14,16-19,28-29,31,35-36,44,47H,15,20-21H2,1-2H3. The maximum atomic E-state index is 15.4. The van der Waals surface area contributed by atoms with E-state index >= 15 is 4.79 Å². The topological polar surface area (TPSA) is 125 Å². The van der Waals surface area contributed by atoms with E-state index in [0.717, 1.165) is 10.6 Å². The van der Waals surface area contributed by atoms with Gasteiger partial charge in [0.05, 0.1) is 54.6 Å². The molecule has 6 atom stereocenters. The molecule has 53 heavy (non-hydrogen) atoms. The Balaban J connectivity index is 1.33. The molecule has 2 N–H and O–H groups in total. The van der Waals surface area contributed by atoms with Gasteiger partial charge in [-0.15, -0.1) is 0 Å². The zero-order valence-corrected chi connectivity index (χ0v) is 30.3. The van der Waals surface area contributed by atoms with Crippen LogP contribution >= 0.6 is 23.2 Å². The van der Waals surface area contributed by atoms with Crippen molar-refractivity contribution in [3.63, 3.8) is 0 Å². The molecule has 2 heterocycles. The van der Waals surface area contributed by atoms with Crippen LogP contribution in [-0.2, 0) is 31.1 Å². The summed E-state index contributed by atoms with van der Waals surface area (Å²) in [5, 5.41) is 13.2. The van der Waals surface area contributed by atoms with Crippen LogP contribution < -0.4 is 14.9 Å². The fourth-order valence-corrected chi connectivity index (χ4v) is 9.52. The number of rotatable bonds is 8. The zero-order valence-electron chi connectivity index (χ0n) is 28.8. The van der Waals surface area contributed by atoms with Gasteiger partial charge >= 0.3 is 0 Å². The first-order chi connectivity index (χ1) is 25.6. The van der Waals surface area contributed by atoms with Gasteiger partial charge in [-0.1, -0.05) is 77.3 Å². The molecule has 2 aliphatic carbocycles. The van der Waals surface area contributed by atoms with Crippen LogP contribution in [0.3, 0.4) is 0 Å². The molecular weight excluding hydrogens is 717 g/mol. The molecule has 4 aromatic carbocycles. The van der Waals surface area contributed by atoms with Gasteiger partial charge in [-0.3, -0.25) is 29.5 Å². The van der Waals surface area contributed by atoms with E-state index in [2.05, 4.69) is 5.43 Å². The fraction of sp³-hybridized carbons (Fsp3) is 0.268. The molecule has 1 saturated carbocycles. The molecule has 0 radical (unpaired) electrons. The molecule has 6 unspecified atom stereocenters. The lowest BCUT2D eigenvalue weighted by Gasteiger charge is -2.50. The van der Waals surface area contributed by atoms with Crippen LogP contribution in [0.1, 0.15) is 35.4 Å². The number of anilines is 1. The quantitative estimate of drug-likeness (QED) is 0.147. The molecule has 0 aromatic heterocycles. The number of fused-ring (bicyclic) bond motifs is 4. The SMILES string of the molecule is COc1ccc(C23C(=O)N(Nc4ccc(Cl)cc4Cl)C(=O)C2CC2C(=CCC4C(=O)N(Cc5ccccc5)C(=O)C42)C3c2cc(OC)ccc2O)cc1. The van der Waals surface area contributed by atoms with E-state index in [-0.39, 0.29) is 47.7 Å². The lowest BCUT2D eigenvalue weighted by Crippen LogP contribution is -2.53. The fourth-order valence-electron chi connectivity index (χ4n) is 9.07. The number of halogens is 2. The summed E-state index contributed by atoms with van der Waals surface area (Å²) >= 11 is 12.7. The lowest BCUT2D eigenvalue weighted by molar-refractivity contribution is -0.142. The predicted molar refractivity (Wildman–Crippen MR) is 197 cm³/mol. The average Bonchev–Trinajstić information content (AvgIpc) is 3.53. The van der Waals surface area contributed by atoms with Gasteiger partial charge in [0.1, 0.15) is 17.2 Å². The summed E-state index contributed by atoms with van der Waals surface area (Å²) in [6.45, 7) is 0.129. The van der Waals surface area contributed by atoms with Gasteiger partial charge in [0.15, 0.2) is 0 Å². The Morgan fingerprint density at radius 2 is 1.55 bits per heavy atom. The first-order valence-corrected chi connectivity index (χ1v) is 18.0. The first-order valence-electron chi connectivity index (χ1n) is 17.3. The van der Waals surface area contributed by atoms with Crippen molar-refractivity contribution in [1.82, 2.24) is 9.91 Å². The largest absolute Gasteiger partial charge is 0.508 e. The summed E-state index contributed by atoms with van der Waals surface area (Å²) in [4.78, 5) is 60.1. The first kappa shape index (κ1) is 34.7. The highest BCUT2D eigenvalue weighted by Gasteiger charge is 2.70. The minimum atomic E-state index is -1.62. The molecule has 10 nitrogen and oxygen atoms in total. The van der Waals surface area contributed by atoms with Gasteiger partial charge < -0.3 is 14.6 Å². The number of benzene rings is 4. The maximum absolute atomic E-state index is 15.4. The van der Waals surface area contributed by atoms with Crippen molar-refractivity contribution in [2.24, 2.45) is 23.7 Å². The number of imide groups is 2. The molecule has 4 aliphatic rings. The molecule has 270 valence electrons. The molecule has 2 saturated heterocycles. The molecule has 3 fully saturated rings. The summed E-state index contributed by atoms with van der Waals surface area (Å²) in [5.41, 5.74) is 4.04. The Morgan fingerprint density at radius 1 is 0.830 bits per heavy atom. The Labute approximate surface area is 315 Å². The van der Waals surface area contributed by atoms with Crippen molar-refractivity contribution < 1.29 is 33.8 Å². The number of carbonyl (C=O) groups excluding carboxylic acids is 4. The number of methoxy groups -OCH3 is 2. The van der Waals surface area contributed by atoms with Crippen molar-refractivity contribution in [2.45, 2.75) is 30.7 Å². The third kappa shape index (κ3) is 5.37. The predicted octanol–water partition coefficient (Wildman–Crippen LogP) is 6.90. The summed E-state index contributed by atoms with van der Waals surface area (Å²) in [6, 6.07) is 25.8. The molecule has 4 amide bonds. The van der Waals surface area contributed by atoms with E-state index in [1.54, 1.807) is 48.5 Å². The monoisotopic (exact) mass is 751 g/mol. The molecule has 2 aliphatic heterocycles. The zero-order chi connectivity index (χ0) is 37.2. The van der Waals surface area contributed by atoms with Gasteiger partial charge in [-0.25, -0.2) is 0 Å². The van der Waals surface area contributed by atoms with E-state index in [4.69, 9.17) is 32.7 Å². The normalized spacial score (nSPS) is 26.2. The summed E-state index contributed by atoms with van der Waals surface area (Å²) in [7, 11) is 3.04. The number of allylic oxidation sites excluding steroid dienone is 2. The Hall–Kier alpha value is -5.32. The van der Waals surface area contributed by atoms with Crippen LogP contribution in [0.25, 0.3) is 0 Å². The Morgan fingerprint density at radius 3 is 2.25 bits per heavy atom. The number of carbonyl (C=O) groups is 4. The number of amides is 4. The highest BCUT2D eigenvalue weighted by molar-refractivity contribution is 6.36. The highest BCUT2D eigenvalue weighted by Crippen LogP contribution is 2.65. The minimum absolute atomic E-state index is 0.0928. The number of aromatic hydroxyl groups is 1. The number of hydrogen-bond acceptors (Lipinski definition) is 8. The van der Waals surface area contributed by atoms with Crippen molar-refractivity contribution in [3.8, 4) is 17.2 Å². The average molecular weight is 753 g/mol. The summed E-state index contributed by atoms with van der Waals surface area (Å²) < 4.78 is 11.1.